The van der Waals surface area contributed by atoms with E-state index in [-0.39, 0.29) is 0 Å². The van der Waals surface area contributed by atoms with Gasteiger partial charge >= 0.3 is 6.53 Å². The zero-order valence-electron chi connectivity index (χ0n) is 11.4. The zero-order chi connectivity index (χ0) is 13.9. The Hall–Kier alpha value is -0.470. The van der Waals surface area contributed by atoms with Crippen LogP contribution in [0.1, 0.15) is 38.5 Å². The molecule has 3 heterocycles. The van der Waals surface area contributed by atoms with Gasteiger partial charge in [-0.1, -0.05) is 62.1 Å². The van der Waals surface area contributed by atoms with E-state index in [1.807, 2.05) is 24.3 Å². The SMILES string of the molecule is ClB1C2CCCC1CCC2.ClB1Oc2ccccc2O1. The van der Waals surface area contributed by atoms with Gasteiger partial charge in [0.2, 0.25) is 0 Å². The van der Waals surface area contributed by atoms with Crippen LogP contribution in [-0.4, -0.2) is 12.7 Å². The van der Waals surface area contributed by atoms with Crippen molar-refractivity contribution < 1.29 is 9.31 Å². The van der Waals surface area contributed by atoms with Crippen molar-refractivity contribution in [3.63, 3.8) is 0 Å². The molecule has 3 aliphatic heterocycles. The molecule has 0 aliphatic carbocycles. The van der Waals surface area contributed by atoms with Crippen molar-refractivity contribution >= 4 is 35.6 Å². The van der Waals surface area contributed by atoms with E-state index in [1.165, 1.54) is 38.5 Å². The molecule has 6 heteroatoms. The smallest absolute Gasteiger partial charge is 0.510 e. The van der Waals surface area contributed by atoms with Gasteiger partial charge in [-0.3, -0.25) is 0 Å². The van der Waals surface area contributed by atoms with Crippen LogP contribution < -0.4 is 9.31 Å². The third kappa shape index (κ3) is 3.23. The Morgan fingerprint density at radius 1 is 0.850 bits per heavy atom. The van der Waals surface area contributed by atoms with E-state index in [9.17, 15) is 0 Å². The molecule has 3 aliphatic rings. The predicted molar refractivity (Wildman–Crippen MR) is 86.1 cm³/mol. The monoisotopic (exact) mass is 310 g/mol. The Bertz CT molecular complexity index is 414. The summed E-state index contributed by atoms with van der Waals surface area (Å²) in [4.78, 5) is 0. The quantitative estimate of drug-likeness (QED) is 0.627. The maximum absolute atomic E-state index is 6.28. The van der Waals surface area contributed by atoms with Gasteiger partial charge in [-0.15, -0.1) is 0 Å². The number of halogens is 2. The summed E-state index contributed by atoms with van der Waals surface area (Å²) in [5, 5.41) is 0. The van der Waals surface area contributed by atoms with Gasteiger partial charge < -0.3 is 9.31 Å². The number of rotatable bonds is 0. The van der Waals surface area contributed by atoms with Gasteiger partial charge in [0.1, 0.15) is 11.5 Å². The van der Waals surface area contributed by atoms with Crippen LogP contribution in [0.4, 0.5) is 0 Å². The number of hydrogen-bond donors (Lipinski definition) is 0. The summed E-state index contributed by atoms with van der Waals surface area (Å²) in [5.74, 6) is 3.19. The van der Waals surface area contributed by atoms with E-state index < -0.39 is 6.53 Å². The van der Waals surface area contributed by atoms with Crippen molar-refractivity contribution in [2.24, 2.45) is 0 Å². The third-order valence-corrected chi connectivity index (χ3v) is 5.38. The van der Waals surface area contributed by atoms with E-state index in [0.29, 0.717) is 17.6 Å². The molecule has 0 unspecified atom stereocenters. The van der Waals surface area contributed by atoms with Gasteiger partial charge in [0.25, 0.3) is 6.13 Å². The second-order valence-electron chi connectivity index (χ2n) is 5.78. The summed E-state index contributed by atoms with van der Waals surface area (Å²) in [7, 11) is 0. The minimum absolute atomic E-state index is 0.544. The van der Waals surface area contributed by atoms with Crippen LogP contribution in [0.5, 0.6) is 11.5 Å². The second-order valence-corrected chi connectivity index (χ2v) is 6.64. The molecule has 1 aromatic carbocycles. The van der Waals surface area contributed by atoms with Crippen molar-refractivity contribution in [2.75, 3.05) is 0 Å². The molecule has 2 saturated heterocycles. The summed E-state index contributed by atoms with van der Waals surface area (Å²) >= 11 is 11.8. The third-order valence-electron chi connectivity index (χ3n) is 4.49. The topological polar surface area (TPSA) is 18.5 Å². The highest BCUT2D eigenvalue weighted by Gasteiger charge is 2.37. The lowest BCUT2D eigenvalue weighted by Crippen LogP contribution is -2.29. The van der Waals surface area contributed by atoms with Crippen molar-refractivity contribution in [3.05, 3.63) is 24.3 Å². The highest BCUT2D eigenvalue weighted by atomic mass is 35.5. The Kier molecular flexibility index (Phi) is 4.72. The van der Waals surface area contributed by atoms with Crippen molar-refractivity contribution in [3.8, 4) is 11.5 Å². The van der Waals surface area contributed by atoms with Crippen molar-refractivity contribution in [2.45, 2.75) is 50.2 Å². The molecule has 0 aromatic heterocycles. The van der Waals surface area contributed by atoms with Crippen LogP contribution in [0.15, 0.2) is 24.3 Å². The minimum Gasteiger partial charge on any atom is -0.510 e. The maximum atomic E-state index is 6.28. The number of benzene rings is 1. The van der Waals surface area contributed by atoms with Crippen molar-refractivity contribution in [1.82, 2.24) is 0 Å². The summed E-state index contributed by atoms with van der Waals surface area (Å²) in [5.41, 5.74) is 0. The average molecular weight is 311 g/mol. The molecule has 0 N–H and O–H groups in total. The average Bonchev–Trinajstić information content (AvgIpc) is 2.79. The molecule has 1 aromatic rings. The first-order chi connectivity index (χ1) is 9.74. The lowest BCUT2D eigenvalue weighted by Gasteiger charge is -2.36. The summed E-state index contributed by atoms with van der Waals surface area (Å²) in [6, 6.07) is 7.38. The molecule has 0 amide bonds. The van der Waals surface area contributed by atoms with Crippen LogP contribution in [0, 0.1) is 0 Å². The molecule has 2 bridgehead atoms. The summed E-state index contributed by atoms with van der Waals surface area (Å²) in [6.07, 6.45) is 9.06. The predicted octanol–water partition coefficient (Wildman–Crippen LogP) is 5.01. The molecule has 2 nitrogen and oxygen atoms in total. The highest BCUT2D eigenvalue weighted by Crippen LogP contribution is 2.47. The van der Waals surface area contributed by atoms with Gasteiger partial charge in [0.05, 0.1) is 0 Å². The van der Waals surface area contributed by atoms with E-state index in [0.717, 1.165) is 11.6 Å². The number of hydrogen-bond acceptors (Lipinski definition) is 2. The molecule has 2 fully saturated rings. The van der Waals surface area contributed by atoms with Crippen LogP contribution in [0.3, 0.4) is 0 Å². The van der Waals surface area contributed by atoms with Gasteiger partial charge in [-0.25, -0.2) is 0 Å². The molecular weight excluding hydrogens is 293 g/mol. The van der Waals surface area contributed by atoms with Gasteiger partial charge in [0.15, 0.2) is 0 Å². The molecule has 20 heavy (non-hydrogen) atoms. The molecular formula is C14H18B2Cl2O2. The first-order valence-electron chi connectivity index (χ1n) is 7.44. The maximum Gasteiger partial charge on any atom is 0.713 e. The summed E-state index contributed by atoms with van der Waals surface area (Å²) < 4.78 is 10.1. The summed E-state index contributed by atoms with van der Waals surface area (Å²) in [6.45, 7) is -0.655. The van der Waals surface area contributed by atoms with Gasteiger partial charge in [0, 0.05) is 0 Å². The fourth-order valence-electron chi connectivity index (χ4n) is 3.46. The lowest BCUT2D eigenvalue weighted by molar-refractivity contribution is 0.451. The Balaban J connectivity index is 0.000000121. The fraction of sp³-hybridized carbons (Fsp3) is 0.571. The molecule has 106 valence electrons. The van der Waals surface area contributed by atoms with Gasteiger partial charge in [-0.05, 0) is 23.8 Å². The molecule has 0 radical (unpaired) electrons. The molecule has 0 atom stereocenters. The molecule has 4 rings (SSSR count). The van der Waals surface area contributed by atoms with Gasteiger partial charge in [-0.2, -0.15) is 11.5 Å². The zero-order valence-corrected chi connectivity index (χ0v) is 12.9. The van der Waals surface area contributed by atoms with Crippen LogP contribution in [-0.2, 0) is 0 Å². The van der Waals surface area contributed by atoms with E-state index in [1.54, 1.807) is 0 Å². The number of fused-ring (bicyclic) bond motifs is 3. The lowest BCUT2D eigenvalue weighted by atomic mass is 9.43. The second kappa shape index (κ2) is 6.53. The number of para-hydroxylation sites is 2. The fourth-order valence-corrected chi connectivity index (χ4v) is 4.16. The van der Waals surface area contributed by atoms with Crippen LogP contribution in [0.2, 0.25) is 11.6 Å². The Labute approximate surface area is 131 Å². The first kappa shape index (κ1) is 14.5. The minimum atomic E-state index is -0.655. The Morgan fingerprint density at radius 2 is 1.30 bits per heavy atom. The first-order valence-corrected chi connectivity index (χ1v) is 8.32. The van der Waals surface area contributed by atoms with E-state index in [2.05, 4.69) is 0 Å². The molecule has 0 spiro atoms. The Morgan fingerprint density at radius 3 is 1.70 bits per heavy atom. The standard InChI is InChI=1S/C8H14BCl.C6H4BClO2/c10-9-7-3-1-4-8(9)6-2-5-7;8-7-9-5-3-1-2-4-6(5)10-7/h7-8H,1-6H2;1-4H. The normalized spacial score (nSPS) is 26.9. The van der Waals surface area contributed by atoms with Crippen LogP contribution >= 0.6 is 22.9 Å². The largest absolute Gasteiger partial charge is 0.713 e. The molecule has 0 saturated carbocycles. The highest BCUT2D eigenvalue weighted by molar-refractivity contribution is 7.08. The van der Waals surface area contributed by atoms with Crippen LogP contribution in [0.25, 0.3) is 0 Å². The van der Waals surface area contributed by atoms with E-state index in [4.69, 9.17) is 32.2 Å². The van der Waals surface area contributed by atoms with Crippen molar-refractivity contribution in [1.29, 1.82) is 0 Å². The van der Waals surface area contributed by atoms with E-state index >= 15 is 0 Å².